The van der Waals surface area contributed by atoms with Gasteiger partial charge in [-0.1, -0.05) is 22.6 Å². The zero-order valence-corrected chi connectivity index (χ0v) is 12.3. The monoisotopic (exact) mass is 357 g/mol. The van der Waals surface area contributed by atoms with Gasteiger partial charge in [-0.2, -0.15) is 0 Å². The van der Waals surface area contributed by atoms with Crippen molar-refractivity contribution < 1.29 is 19.0 Å². The smallest absolute Gasteiger partial charge is 0.318 e. The van der Waals surface area contributed by atoms with Gasteiger partial charge >= 0.3 is 5.97 Å². The van der Waals surface area contributed by atoms with E-state index in [-0.39, 0.29) is 9.89 Å². The second kappa shape index (κ2) is 9.07. The highest BCUT2D eigenvalue weighted by Crippen LogP contribution is 2.00. The number of ether oxygens (including phenoxy) is 3. The van der Waals surface area contributed by atoms with Crippen LogP contribution in [0.4, 0.5) is 0 Å². The second-order valence-electron chi connectivity index (χ2n) is 3.85. The molecule has 0 aliphatic carbocycles. The summed E-state index contributed by atoms with van der Waals surface area (Å²) in [7, 11) is 0. The Morgan fingerprint density at radius 2 is 2.06 bits per heavy atom. The van der Waals surface area contributed by atoms with Crippen molar-refractivity contribution in [3.05, 3.63) is 0 Å². The van der Waals surface area contributed by atoms with Crippen molar-refractivity contribution in [3.8, 4) is 0 Å². The fourth-order valence-electron chi connectivity index (χ4n) is 1.44. The maximum Gasteiger partial charge on any atom is 0.318 e. The van der Waals surface area contributed by atoms with Gasteiger partial charge in [0.05, 0.1) is 26.4 Å². The lowest BCUT2D eigenvalue weighted by molar-refractivity contribution is -0.143. The van der Waals surface area contributed by atoms with E-state index in [1.54, 1.807) is 0 Å². The van der Waals surface area contributed by atoms with Crippen LogP contribution < -0.4 is 0 Å². The number of halogens is 1. The van der Waals surface area contributed by atoms with Gasteiger partial charge in [-0.15, -0.1) is 0 Å². The Kier molecular flexibility index (Phi) is 8.08. The first kappa shape index (κ1) is 15.1. The van der Waals surface area contributed by atoms with E-state index in [1.165, 1.54) is 0 Å². The molecule has 1 rings (SSSR count). The van der Waals surface area contributed by atoms with Gasteiger partial charge in [0.1, 0.15) is 10.5 Å². The van der Waals surface area contributed by atoms with E-state index in [1.807, 2.05) is 29.5 Å². The number of morpholine rings is 1. The molecule has 0 saturated carbocycles. The molecule has 0 N–H and O–H groups in total. The lowest BCUT2D eigenvalue weighted by Crippen LogP contribution is -2.38. The van der Waals surface area contributed by atoms with Crippen LogP contribution in [0, 0.1) is 0 Å². The normalized spacial score (nSPS) is 18.9. The lowest BCUT2D eigenvalue weighted by Gasteiger charge is -2.26. The number of hydrogen-bond acceptors (Lipinski definition) is 5. The van der Waals surface area contributed by atoms with Crippen molar-refractivity contribution in [2.75, 3.05) is 52.7 Å². The third kappa shape index (κ3) is 7.17. The fraction of sp³-hybridized carbons (Fsp3) is 0.909. The largest absolute Gasteiger partial charge is 0.462 e. The maximum absolute atomic E-state index is 11.1. The predicted molar refractivity (Wildman–Crippen MR) is 72.5 cm³/mol. The topological polar surface area (TPSA) is 48.0 Å². The van der Waals surface area contributed by atoms with Crippen LogP contribution in [-0.4, -0.2) is 67.5 Å². The van der Waals surface area contributed by atoms with Crippen molar-refractivity contribution in [2.24, 2.45) is 0 Å². The lowest BCUT2D eigenvalue weighted by atomic mass is 10.4. The molecule has 1 heterocycles. The van der Waals surface area contributed by atoms with Gasteiger partial charge in [-0.25, -0.2) is 0 Å². The van der Waals surface area contributed by atoms with Gasteiger partial charge in [-0.3, -0.25) is 9.69 Å². The van der Waals surface area contributed by atoms with E-state index < -0.39 is 0 Å². The summed E-state index contributed by atoms with van der Waals surface area (Å²) in [5.74, 6) is -0.178. The molecule has 100 valence electrons. The molecule has 1 saturated heterocycles. The van der Waals surface area contributed by atoms with Crippen LogP contribution in [0.25, 0.3) is 0 Å². The summed E-state index contributed by atoms with van der Waals surface area (Å²) >= 11 is 2.03. The van der Waals surface area contributed by atoms with Crippen molar-refractivity contribution in [1.29, 1.82) is 0 Å². The standard InChI is InChI=1S/C11H20INO4/c1-10(12)11(14)17-9-8-16-7-4-13-2-5-15-6-3-13/h10H,2-9H2,1H3. The molecule has 0 spiro atoms. The molecule has 0 bridgehead atoms. The van der Waals surface area contributed by atoms with E-state index in [0.29, 0.717) is 19.8 Å². The number of carbonyl (C=O) groups is 1. The Hall–Kier alpha value is 0.0800. The first-order chi connectivity index (χ1) is 8.20. The van der Waals surface area contributed by atoms with Crippen LogP contribution in [-0.2, 0) is 19.0 Å². The number of esters is 1. The summed E-state index contributed by atoms with van der Waals surface area (Å²) in [6, 6.07) is 0. The Morgan fingerprint density at radius 1 is 1.35 bits per heavy atom. The Morgan fingerprint density at radius 3 is 2.71 bits per heavy atom. The summed E-state index contributed by atoms with van der Waals surface area (Å²) < 4.78 is 15.6. The number of alkyl halides is 1. The fourth-order valence-corrected chi connectivity index (χ4v) is 1.62. The van der Waals surface area contributed by atoms with Crippen molar-refractivity contribution in [3.63, 3.8) is 0 Å². The Bertz CT molecular complexity index is 220. The van der Waals surface area contributed by atoms with E-state index >= 15 is 0 Å². The summed E-state index contributed by atoms with van der Waals surface area (Å²) in [5, 5.41) is 0. The van der Waals surface area contributed by atoms with Gasteiger partial charge in [-0.05, 0) is 6.92 Å². The minimum absolute atomic E-state index is 0.0963. The average Bonchev–Trinajstić information content (AvgIpc) is 2.34. The van der Waals surface area contributed by atoms with Crippen LogP contribution >= 0.6 is 22.6 Å². The average molecular weight is 357 g/mol. The van der Waals surface area contributed by atoms with Crippen molar-refractivity contribution >= 4 is 28.6 Å². The zero-order chi connectivity index (χ0) is 12.5. The molecule has 1 fully saturated rings. The highest BCUT2D eigenvalue weighted by molar-refractivity contribution is 14.1. The van der Waals surface area contributed by atoms with Crippen LogP contribution in [0.1, 0.15) is 6.92 Å². The summed E-state index contributed by atoms with van der Waals surface area (Å²) in [6.07, 6.45) is 0. The molecule has 17 heavy (non-hydrogen) atoms. The summed E-state index contributed by atoms with van der Waals surface area (Å²) in [5.41, 5.74) is 0. The minimum atomic E-state index is -0.178. The van der Waals surface area contributed by atoms with E-state index in [2.05, 4.69) is 4.90 Å². The molecule has 0 amide bonds. The van der Waals surface area contributed by atoms with Crippen molar-refractivity contribution in [2.45, 2.75) is 10.8 Å². The van der Waals surface area contributed by atoms with E-state index in [4.69, 9.17) is 14.2 Å². The van der Waals surface area contributed by atoms with Gasteiger partial charge in [0.25, 0.3) is 0 Å². The van der Waals surface area contributed by atoms with E-state index in [0.717, 1.165) is 32.8 Å². The SMILES string of the molecule is CC(I)C(=O)OCCOCCN1CCOCC1. The molecule has 1 atom stereocenters. The van der Waals surface area contributed by atoms with E-state index in [9.17, 15) is 4.79 Å². The Balaban J connectivity index is 1.88. The van der Waals surface area contributed by atoms with Crippen LogP contribution in [0.3, 0.4) is 0 Å². The molecule has 0 radical (unpaired) electrons. The third-order valence-electron chi connectivity index (χ3n) is 2.45. The zero-order valence-electron chi connectivity index (χ0n) is 10.2. The Labute approximate surface area is 116 Å². The molecular formula is C11H20INO4. The van der Waals surface area contributed by atoms with Gasteiger partial charge in [0, 0.05) is 19.6 Å². The molecule has 0 aromatic rings. The molecule has 0 aromatic heterocycles. The quantitative estimate of drug-likeness (QED) is 0.291. The third-order valence-corrected chi connectivity index (χ3v) is 2.96. The molecule has 1 aliphatic heterocycles. The highest BCUT2D eigenvalue weighted by Gasteiger charge is 2.10. The minimum Gasteiger partial charge on any atom is -0.462 e. The van der Waals surface area contributed by atoms with Crippen LogP contribution in [0.15, 0.2) is 0 Å². The molecule has 1 unspecified atom stereocenters. The van der Waals surface area contributed by atoms with Gasteiger partial charge < -0.3 is 14.2 Å². The molecule has 1 aliphatic rings. The van der Waals surface area contributed by atoms with Gasteiger partial charge in [0.2, 0.25) is 0 Å². The number of nitrogens with zero attached hydrogens (tertiary/aromatic N) is 1. The number of hydrogen-bond donors (Lipinski definition) is 0. The maximum atomic E-state index is 11.1. The molecular weight excluding hydrogens is 337 g/mol. The highest BCUT2D eigenvalue weighted by atomic mass is 127. The summed E-state index contributed by atoms with van der Waals surface area (Å²) in [6.45, 7) is 7.79. The van der Waals surface area contributed by atoms with Crippen LogP contribution in [0.2, 0.25) is 0 Å². The summed E-state index contributed by atoms with van der Waals surface area (Å²) in [4.78, 5) is 13.4. The predicted octanol–water partition coefficient (Wildman–Crippen LogP) is 0.702. The number of rotatable bonds is 7. The first-order valence-electron chi connectivity index (χ1n) is 5.88. The molecule has 6 heteroatoms. The van der Waals surface area contributed by atoms with Crippen molar-refractivity contribution in [1.82, 2.24) is 4.90 Å². The first-order valence-corrected chi connectivity index (χ1v) is 7.13. The second-order valence-corrected chi connectivity index (χ2v) is 5.72. The number of carbonyl (C=O) groups excluding carboxylic acids is 1. The van der Waals surface area contributed by atoms with Crippen LogP contribution in [0.5, 0.6) is 0 Å². The van der Waals surface area contributed by atoms with Gasteiger partial charge in [0.15, 0.2) is 0 Å². The molecule has 5 nitrogen and oxygen atoms in total. The molecule has 0 aromatic carbocycles.